The lowest BCUT2D eigenvalue weighted by Gasteiger charge is -2.11. The van der Waals surface area contributed by atoms with E-state index in [1.165, 1.54) is 0 Å². The van der Waals surface area contributed by atoms with Crippen molar-refractivity contribution in [2.45, 2.75) is 12.5 Å². The van der Waals surface area contributed by atoms with E-state index in [1.54, 1.807) is 0 Å². The van der Waals surface area contributed by atoms with Crippen LogP contribution in [-0.2, 0) is 0 Å². The molecule has 0 aliphatic carbocycles. The Morgan fingerprint density at radius 1 is 1.60 bits per heavy atom. The van der Waals surface area contributed by atoms with E-state index in [9.17, 15) is 4.39 Å². The van der Waals surface area contributed by atoms with Crippen molar-refractivity contribution in [1.29, 1.82) is 0 Å². The molecule has 2 N–H and O–H groups in total. The molecule has 82 valence electrons. The van der Waals surface area contributed by atoms with Crippen molar-refractivity contribution in [3.05, 3.63) is 12.0 Å². The second-order valence-corrected chi connectivity index (χ2v) is 3.69. The van der Waals surface area contributed by atoms with E-state index in [-0.39, 0.29) is 17.9 Å². The predicted molar refractivity (Wildman–Crippen MR) is 52.9 cm³/mol. The van der Waals surface area contributed by atoms with Crippen LogP contribution in [0, 0.1) is 5.95 Å². The number of hydrogen-bond donors (Lipinski definition) is 1. The van der Waals surface area contributed by atoms with E-state index >= 15 is 0 Å². The summed E-state index contributed by atoms with van der Waals surface area (Å²) in [5.41, 5.74) is 5.38. The monoisotopic (exact) mass is 212 g/mol. The number of halogens is 1. The third-order valence-corrected chi connectivity index (χ3v) is 2.31. The van der Waals surface area contributed by atoms with Gasteiger partial charge < -0.3 is 15.4 Å². The summed E-state index contributed by atoms with van der Waals surface area (Å²) in [5.74, 6) is -0.576. The van der Waals surface area contributed by atoms with E-state index in [0.29, 0.717) is 0 Å². The third-order valence-electron chi connectivity index (χ3n) is 2.31. The minimum Gasteiger partial charge on any atom is -0.459 e. The summed E-state index contributed by atoms with van der Waals surface area (Å²) in [5, 5.41) is 0. The molecule has 0 bridgehead atoms. The quantitative estimate of drug-likeness (QED) is 0.713. The van der Waals surface area contributed by atoms with Gasteiger partial charge in [-0.2, -0.15) is 14.4 Å². The number of nitrogen functional groups attached to an aromatic ring is 1. The number of aromatic nitrogens is 2. The first-order valence-electron chi connectivity index (χ1n) is 4.79. The predicted octanol–water partition coefficient (Wildman–Crippen LogP) is 0.281. The van der Waals surface area contributed by atoms with Gasteiger partial charge in [0.25, 0.3) is 0 Å². The van der Waals surface area contributed by atoms with Gasteiger partial charge in [-0.05, 0) is 13.5 Å². The van der Waals surface area contributed by atoms with Crippen molar-refractivity contribution in [3.8, 4) is 6.01 Å². The smallest absolute Gasteiger partial charge is 0.321 e. The molecule has 1 aromatic rings. The normalized spacial score (nSPS) is 21.9. The van der Waals surface area contributed by atoms with Gasteiger partial charge in [-0.1, -0.05) is 0 Å². The highest BCUT2D eigenvalue weighted by Crippen LogP contribution is 2.15. The minimum atomic E-state index is -0.663. The second kappa shape index (κ2) is 3.98. The Morgan fingerprint density at radius 3 is 3.00 bits per heavy atom. The van der Waals surface area contributed by atoms with Crippen LogP contribution in [0.3, 0.4) is 0 Å². The molecule has 1 atom stereocenters. The molecular formula is C9H13FN4O. The number of likely N-dealkylation sites (N-methyl/N-ethyl adjacent to an activating group) is 1. The molecular weight excluding hydrogens is 199 g/mol. The Hall–Kier alpha value is -1.43. The molecule has 0 saturated carbocycles. The van der Waals surface area contributed by atoms with Crippen LogP contribution in [0.15, 0.2) is 6.07 Å². The molecule has 1 aliphatic heterocycles. The lowest BCUT2D eigenvalue weighted by atomic mass is 10.3. The van der Waals surface area contributed by atoms with Crippen LogP contribution in [0.2, 0.25) is 0 Å². The first kappa shape index (κ1) is 10.1. The maximum atomic E-state index is 12.9. The van der Waals surface area contributed by atoms with Crippen molar-refractivity contribution in [2.75, 3.05) is 25.9 Å². The molecule has 1 fully saturated rings. The van der Waals surface area contributed by atoms with Crippen LogP contribution in [0.1, 0.15) is 6.42 Å². The maximum Gasteiger partial charge on any atom is 0.321 e. The Bertz CT molecular complexity index is 340. The molecule has 2 heterocycles. The van der Waals surface area contributed by atoms with Gasteiger partial charge in [0.05, 0.1) is 0 Å². The first-order valence-corrected chi connectivity index (χ1v) is 4.79. The van der Waals surface area contributed by atoms with Gasteiger partial charge in [0, 0.05) is 19.2 Å². The lowest BCUT2D eigenvalue weighted by Crippen LogP contribution is -2.22. The molecule has 6 heteroatoms. The summed E-state index contributed by atoms with van der Waals surface area (Å²) in [6.45, 7) is 1.77. The summed E-state index contributed by atoms with van der Waals surface area (Å²) in [4.78, 5) is 9.46. The fraction of sp³-hybridized carbons (Fsp3) is 0.556. The van der Waals surface area contributed by atoms with Gasteiger partial charge in [-0.3, -0.25) is 0 Å². The number of anilines is 1. The summed E-state index contributed by atoms with van der Waals surface area (Å²) in [7, 11) is 2.00. The van der Waals surface area contributed by atoms with Crippen LogP contribution in [0.5, 0.6) is 6.01 Å². The molecule has 1 unspecified atom stereocenters. The summed E-state index contributed by atoms with van der Waals surface area (Å²) >= 11 is 0. The average Bonchev–Trinajstić information content (AvgIpc) is 2.49. The molecule has 0 aromatic carbocycles. The van der Waals surface area contributed by atoms with Gasteiger partial charge in [0.1, 0.15) is 11.9 Å². The fourth-order valence-electron chi connectivity index (χ4n) is 1.61. The zero-order valence-corrected chi connectivity index (χ0v) is 8.48. The number of nitrogens with two attached hydrogens (primary N) is 1. The molecule has 0 radical (unpaired) electrons. The number of hydrogen-bond acceptors (Lipinski definition) is 5. The first-order chi connectivity index (χ1) is 7.13. The molecule has 0 spiro atoms. The second-order valence-electron chi connectivity index (χ2n) is 3.69. The van der Waals surface area contributed by atoms with Crippen molar-refractivity contribution in [2.24, 2.45) is 0 Å². The van der Waals surface area contributed by atoms with Gasteiger partial charge in [-0.15, -0.1) is 0 Å². The summed E-state index contributed by atoms with van der Waals surface area (Å²) < 4.78 is 18.3. The molecule has 5 nitrogen and oxygen atoms in total. The van der Waals surface area contributed by atoms with Gasteiger partial charge >= 0.3 is 6.01 Å². The standard InChI is InChI=1S/C9H13FN4O/c1-14-3-2-6(5-14)15-9-12-7(10)4-8(11)13-9/h4,6H,2-3,5H2,1H3,(H2,11,12,13). The largest absolute Gasteiger partial charge is 0.459 e. The number of rotatable bonds is 2. The van der Waals surface area contributed by atoms with Crippen LogP contribution < -0.4 is 10.5 Å². The lowest BCUT2D eigenvalue weighted by molar-refractivity contribution is 0.189. The highest BCUT2D eigenvalue weighted by Gasteiger charge is 2.22. The molecule has 15 heavy (non-hydrogen) atoms. The fourth-order valence-corrected chi connectivity index (χ4v) is 1.61. The Kier molecular flexibility index (Phi) is 2.68. The highest BCUT2D eigenvalue weighted by molar-refractivity contribution is 5.27. The van der Waals surface area contributed by atoms with Crippen molar-refractivity contribution in [1.82, 2.24) is 14.9 Å². The van der Waals surface area contributed by atoms with Crippen LogP contribution >= 0.6 is 0 Å². The number of nitrogens with zero attached hydrogens (tertiary/aromatic N) is 3. The SMILES string of the molecule is CN1CCC(Oc2nc(N)cc(F)n2)C1. The topological polar surface area (TPSA) is 64.3 Å². The highest BCUT2D eigenvalue weighted by atomic mass is 19.1. The maximum absolute atomic E-state index is 12.9. The minimum absolute atomic E-state index is 0.0211. The van der Waals surface area contributed by atoms with E-state index < -0.39 is 5.95 Å². The summed E-state index contributed by atoms with van der Waals surface area (Å²) in [6, 6.07) is 1.08. The zero-order valence-electron chi connectivity index (χ0n) is 8.48. The van der Waals surface area contributed by atoms with Gasteiger partial charge in [-0.25, -0.2) is 0 Å². The van der Waals surface area contributed by atoms with Gasteiger partial charge in [0.2, 0.25) is 5.95 Å². The van der Waals surface area contributed by atoms with Crippen molar-refractivity contribution < 1.29 is 9.13 Å². The van der Waals surface area contributed by atoms with E-state index in [4.69, 9.17) is 10.5 Å². The zero-order chi connectivity index (χ0) is 10.8. The molecule has 2 rings (SSSR count). The van der Waals surface area contributed by atoms with E-state index in [1.807, 2.05) is 7.05 Å². The Morgan fingerprint density at radius 2 is 2.40 bits per heavy atom. The Labute approximate surface area is 87.1 Å². The summed E-state index contributed by atoms with van der Waals surface area (Å²) in [6.07, 6.45) is 0.923. The van der Waals surface area contributed by atoms with Crippen molar-refractivity contribution in [3.63, 3.8) is 0 Å². The van der Waals surface area contributed by atoms with Gasteiger partial charge in [0.15, 0.2) is 0 Å². The molecule has 1 aliphatic rings. The molecule has 1 saturated heterocycles. The van der Waals surface area contributed by atoms with Crippen LogP contribution in [-0.4, -0.2) is 41.1 Å². The van der Waals surface area contributed by atoms with Crippen LogP contribution in [0.25, 0.3) is 0 Å². The van der Waals surface area contributed by atoms with E-state index in [2.05, 4.69) is 14.9 Å². The third kappa shape index (κ3) is 2.53. The van der Waals surface area contributed by atoms with E-state index in [0.717, 1.165) is 25.6 Å². The molecule has 0 amide bonds. The average molecular weight is 212 g/mol. The molecule has 1 aromatic heterocycles. The number of likely N-dealkylation sites (tertiary alicyclic amines) is 1. The van der Waals surface area contributed by atoms with Crippen molar-refractivity contribution >= 4 is 5.82 Å². The number of ether oxygens (including phenoxy) is 1. The Balaban J connectivity index is 2.04. The van der Waals surface area contributed by atoms with Crippen LogP contribution in [0.4, 0.5) is 10.2 Å².